The predicted octanol–water partition coefficient (Wildman–Crippen LogP) is 7.08. The fraction of sp³-hybridized carbons (Fsp3) is 1.00. The molecule has 0 radical (unpaired) electrons. The van der Waals surface area contributed by atoms with E-state index in [4.69, 9.17) is 0 Å². The van der Waals surface area contributed by atoms with Crippen molar-refractivity contribution in [1.29, 1.82) is 0 Å². The van der Waals surface area contributed by atoms with Crippen molar-refractivity contribution < 1.29 is 0 Å². The van der Waals surface area contributed by atoms with Crippen LogP contribution in [0.15, 0.2) is 0 Å². The van der Waals surface area contributed by atoms with Gasteiger partial charge in [0.1, 0.15) is 0 Å². The molecule has 0 aromatic heterocycles. The fourth-order valence-corrected chi connectivity index (χ4v) is 11.5. The minimum absolute atomic E-state index is 0.690. The lowest BCUT2D eigenvalue weighted by molar-refractivity contribution is -0.533. The van der Waals surface area contributed by atoms with Crippen LogP contribution in [0.3, 0.4) is 0 Å². The summed E-state index contributed by atoms with van der Waals surface area (Å²) in [5.74, 6) is 5.36. The van der Waals surface area contributed by atoms with Crippen molar-refractivity contribution in [2.24, 2.45) is 51.2 Å². The van der Waals surface area contributed by atoms with Crippen LogP contribution in [0.25, 0.3) is 0 Å². The van der Waals surface area contributed by atoms with Crippen LogP contribution in [0, 0.1) is 51.2 Å². The fourth-order valence-electron chi connectivity index (χ4n) is 11.5. The molecule has 9 unspecified atom stereocenters. The molecule has 0 aromatic carbocycles. The summed E-state index contributed by atoms with van der Waals surface area (Å²) in [7, 11) is 0. The molecule has 0 nitrogen and oxygen atoms in total. The molecular weight excluding hydrogens is 288 g/mol. The lowest BCUT2D eigenvalue weighted by Crippen LogP contribution is -2.95. The third kappa shape index (κ3) is 1.25. The van der Waals surface area contributed by atoms with E-state index in [2.05, 4.69) is 34.6 Å². The average Bonchev–Trinajstić information content (AvgIpc) is 2.75. The SMILES string of the molecule is CCCC12CC3(CC(C)(C4CCC5CCC4C5C)C13CC)C2CC. The molecule has 0 saturated heterocycles. The molecule has 4 bridgehead atoms. The lowest BCUT2D eigenvalue weighted by Gasteiger charge is -3.01. The van der Waals surface area contributed by atoms with E-state index in [0.29, 0.717) is 5.41 Å². The van der Waals surface area contributed by atoms with Gasteiger partial charge >= 0.3 is 0 Å². The zero-order valence-corrected chi connectivity index (χ0v) is 17.0. The molecule has 0 N–H and O–H groups in total. The van der Waals surface area contributed by atoms with Crippen LogP contribution < -0.4 is 0 Å². The van der Waals surface area contributed by atoms with E-state index in [-0.39, 0.29) is 0 Å². The molecule has 1 spiro atoms. The summed E-state index contributed by atoms with van der Waals surface area (Å²) in [6, 6.07) is 0. The third-order valence-corrected chi connectivity index (χ3v) is 11.4. The zero-order chi connectivity index (χ0) is 17.0. The third-order valence-electron chi connectivity index (χ3n) is 11.4. The first kappa shape index (κ1) is 16.2. The first-order chi connectivity index (χ1) is 11.5. The van der Waals surface area contributed by atoms with Crippen LogP contribution >= 0.6 is 0 Å². The molecule has 6 saturated carbocycles. The van der Waals surface area contributed by atoms with Gasteiger partial charge in [-0.2, -0.15) is 0 Å². The summed E-state index contributed by atoms with van der Waals surface area (Å²) in [6.45, 7) is 12.9. The normalized spacial score (nSPS) is 63.1. The maximum absolute atomic E-state index is 2.79. The molecular formula is C24H40. The Morgan fingerprint density at radius 2 is 1.71 bits per heavy atom. The predicted molar refractivity (Wildman–Crippen MR) is 102 cm³/mol. The van der Waals surface area contributed by atoms with E-state index in [0.717, 1.165) is 45.8 Å². The minimum Gasteiger partial charge on any atom is -0.0654 e. The van der Waals surface area contributed by atoms with Gasteiger partial charge in [-0.1, -0.05) is 47.5 Å². The second-order valence-corrected chi connectivity index (χ2v) is 11.1. The molecule has 9 atom stereocenters. The first-order valence-corrected chi connectivity index (χ1v) is 11.5. The Morgan fingerprint density at radius 3 is 2.38 bits per heavy atom. The smallest absolute Gasteiger partial charge is 0.0124 e. The number of hydrogen-bond donors (Lipinski definition) is 0. The van der Waals surface area contributed by atoms with Gasteiger partial charge in [-0.3, -0.25) is 0 Å². The van der Waals surface area contributed by atoms with Crippen molar-refractivity contribution in [2.45, 2.75) is 98.8 Å². The van der Waals surface area contributed by atoms with E-state index in [1.807, 2.05) is 0 Å². The van der Waals surface area contributed by atoms with Gasteiger partial charge < -0.3 is 0 Å². The Bertz CT molecular complexity index is 546. The number of fused-ring (bicyclic) bond motifs is 2. The summed E-state index contributed by atoms with van der Waals surface area (Å²) in [5.41, 5.74) is 3.01. The van der Waals surface area contributed by atoms with Gasteiger partial charge in [0.05, 0.1) is 0 Å². The molecule has 0 aromatic rings. The van der Waals surface area contributed by atoms with Crippen LogP contribution in [0.2, 0.25) is 0 Å². The van der Waals surface area contributed by atoms with Crippen LogP contribution in [0.1, 0.15) is 98.8 Å². The van der Waals surface area contributed by atoms with Gasteiger partial charge in [-0.15, -0.1) is 0 Å². The highest BCUT2D eigenvalue weighted by molar-refractivity contribution is 5.44. The van der Waals surface area contributed by atoms with Crippen molar-refractivity contribution >= 4 is 0 Å². The van der Waals surface area contributed by atoms with Crippen molar-refractivity contribution in [2.75, 3.05) is 0 Å². The Balaban J connectivity index is 1.52. The van der Waals surface area contributed by atoms with Crippen LogP contribution in [-0.2, 0) is 0 Å². The quantitative estimate of drug-likeness (QED) is 0.505. The van der Waals surface area contributed by atoms with Crippen LogP contribution in [-0.4, -0.2) is 0 Å². The lowest BCUT2D eigenvalue weighted by atomic mass is 9.03. The monoisotopic (exact) mass is 328 g/mol. The maximum atomic E-state index is 2.79. The van der Waals surface area contributed by atoms with E-state index in [1.165, 1.54) is 25.7 Å². The maximum Gasteiger partial charge on any atom is -0.0124 e. The molecule has 6 rings (SSSR count). The van der Waals surface area contributed by atoms with Gasteiger partial charge in [0.25, 0.3) is 0 Å². The van der Waals surface area contributed by atoms with Gasteiger partial charge in [-0.25, -0.2) is 0 Å². The first-order valence-electron chi connectivity index (χ1n) is 11.5. The Hall–Kier alpha value is 0. The molecule has 0 aliphatic heterocycles. The minimum atomic E-state index is 0.690. The molecule has 6 aliphatic carbocycles. The Labute approximate surface area is 150 Å². The standard InChI is InChI=1S/C24H40/c1-6-13-22-15-23(20(22)7-2)14-21(5,24(22,23)8-3)19-12-10-17-9-11-18(19)16(17)4/h16-20H,6-15H2,1-5H3. The zero-order valence-electron chi connectivity index (χ0n) is 17.0. The molecule has 6 fully saturated rings. The van der Waals surface area contributed by atoms with Crippen LogP contribution in [0.5, 0.6) is 0 Å². The highest BCUT2D eigenvalue weighted by Gasteiger charge is 2.97. The highest BCUT2D eigenvalue weighted by atomic mass is 15.0. The summed E-state index contributed by atoms with van der Waals surface area (Å²) in [5, 5.41) is 0. The Morgan fingerprint density at radius 1 is 0.958 bits per heavy atom. The summed E-state index contributed by atoms with van der Waals surface area (Å²) >= 11 is 0. The van der Waals surface area contributed by atoms with Crippen molar-refractivity contribution in [1.82, 2.24) is 0 Å². The number of rotatable bonds is 5. The van der Waals surface area contributed by atoms with E-state index in [1.54, 1.807) is 38.5 Å². The van der Waals surface area contributed by atoms with Gasteiger partial charge in [0.15, 0.2) is 0 Å². The molecule has 136 valence electrons. The molecule has 24 heavy (non-hydrogen) atoms. The Kier molecular flexibility index (Phi) is 3.13. The highest BCUT2D eigenvalue weighted by Crippen LogP contribution is 3.03. The van der Waals surface area contributed by atoms with Crippen molar-refractivity contribution in [3.63, 3.8) is 0 Å². The van der Waals surface area contributed by atoms with Crippen LogP contribution in [0.4, 0.5) is 0 Å². The average molecular weight is 329 g/mol. The van der Waals surface area contributed by atoms with Crippen molar-refractivity contribution in [3.05, 3.63) is 0 Å². The van der Waals surface area contributed by atoms with Crippen molar-refractivity contribution in [3.8, 4) is 0 Å². The van der Waals surface area contributed by atoms with Gasteiger partial charge in [0, 0.05) is 0 Å². The topological polar surface area (TPSA) is 0 Å². The second-order valence-electron chi connectivity index (χ2n) is 11.1. The van der Waals surface area contributed by atoms with E-state index in [9.17, 15) is 0 Å². The van der Waals surface area contributed by atoms with E-state index >= 15 is 0 Å². The molecule has 6 aliphatic rings. The summed E-state index contributed by atoms with van der Waals surface area (Å²) in [6.07, 6.45) is 15.4. The van der Waals surface area contributed by atoms with Gasteiger partial charge in [-0.05, 0) is 103 Å². The van der Waals surface area contributed by atoms with Gasteiger partial charge in [0.2, 0.25) is 0 Å². The molecule has 0 heteroatoms. The van der Waals surface area contributed by atoms with E-state index < -0.39 is 0 Å². The summed E-state index contributed by atoms with van der Waals surface area (Å²) < 4.78 is 0. The number of hydrogen-bond acceptors (Lipinski definition) is 0. The molecule has 0 heterocycles. The second kappa shape index (κ2) is 4.64. The largest absolute Gasteiger partial charge is 0.0654 e. The summed E-state index contributed by atoms with van der Waals surface area (Å²) in [4.78, 5) is 0. The molecule has 0 amide bonds.